The lowest BCUT2D eigenvalue weighted by molar-refractivity contribution is -0.262. The van der Waals surface area contributed by atoms with Crippen LogP contribution in [0.3, 0.4) is 0 Å². The Kier molecular flexibility index (Phi) is 2.68. The molecule has 2 saturated heterocycles. The van der Waals surface area contributed by atoms with E-state index in [4.69, 9.17) is 9.47 Å². The average molecular weight is 305 g/mol. The van der Waals surface area contributed by atoms with Crippen LogP contribution >= 0.6 is 0 Å². The minimum Gasteiger partial charge on any atom is -0.451 e. The van der Waals surface area contributed by atoms with Gasteiger partial charge in [-0.05, 0) is 11.6 Å². The number of rotatable bonds is 2. The predicted molar refractivity (Wildman–Crippen MR) is 73.7 cm³/mol. The Bertz CT molecular complexity index is 757. The average Bonchev–Trinajstić information content (AvgIpc) is 3.09. The number of H-pyrrole nitrogens is 1. The molecule has 0 saturated carbocycles. The number of esters is 1. The Labute approximate surface area is 125 Å². The van der Waals surface area contributed by atoms with Crippen LogP contribution in [0.1, 0.15) is 5.56 Å². The molecule has 0 amide bonds. The smallest absolute Gasteiger partial charge is 0.344 e. The van der Waals surface area contributed by atoms with Crippen LogP contribution in [-0.4, -0.2) is 56.5 Å². The molecule has 1 aromatic carbocycles. The van der Waals surface area contributed by atoms with E-state index < -0.39 is 29.6 Å². The van der Waals surface area contributed by atoms with Crippen LogP contribution in [0.15, 0.2) is 30.5 Å². The number of fused-ring (bicyclic) bond motifs is 2. The summed E-state index contributed by atoms with van der Waals surface area (Å²) in [6.07, 6.45) is -0.964. The molecule has 2 aliphatic rings. The number of carbonyl (C=O) groups is 1. The number of benzene rings is 1. The van der Waals surface area contributed by atoms with Crippen molar-refractivity contribution in [3.05, 3.63) is 36.0 Å². The maximum Gasteiger partial charge on any atom is 0.344 e. The van der Waals surface area contributed by atoms with Gasteiger partial charge in [-0.1, -0.05) is 18.2 Å². The molecule has 2 aromatic rings. The highest BCUT2D eigenvalue weighted by Crippen LogP contribution is 2.45. The summed E-state index contributed by atoms with van der Waals surface area (Å²) in [5.41, 5.74) is -0.766. The number of carbonyl (C=O) groups excluding carboxylic acids is 1. The Morgan fingerprint density at radius 1 is 1.32 bits per heavy atom. The van der Waals surface area contributed by atoms with Gasteiger partial charge in [0.15, 0.2) is 6.10 Å². The molecular formula is C15H15NO6. The van der Waals surface area contributed by atoms with Gasteiger partial charge < -0.3 is 29.8 Å². The van der Waals surface area contributed by atoms with Gasteiger partial charge in [-0.15, -0.1) is 0 Å². The zero-order valence-electron chi connectivity index (χ0n) is 11.5. The third kappa shape index (κ3) is 1.56. The third-order valence-corrected chi connectivity index (χ3v) is 4.49. The highest BCUT2D eigenvalue weighted by Gasteiger charge is 2.73. The van der Waals surface area contributed by atoms with Gasteiger partial charge in [0.1, 0.15) is 6.10 Å². The fraction of sp³-hybridized carbons (Fsp3) is 0.400. The molecule has 4 N–H and O–H groups in total. The molecule has 0 radical (unpaired) electrons. The van der Waals surface area contributed by atoms with Crippen molar-refractivity contribution in [2.24, 2.45) is 0 Å². The quantitative estimate of drug-likeness (QED) is 0.554. The van der Waals surface area contributed by atoms with Gasteiger partial charge in [-0.25, -0.2) is 4.79 Å². The largest absolute Gasteiger partial charge is 0.451 e. The van der Waals surface area contributed by atoms with E-state index in [1.807, 2.05) is 24.3 Å². The summed E-state index contributed by atoms with van der Waals surface area (Å²) in [6.45, 7) is -0.204. The molecule has 0 bridgehead atoms. The first-order valence-corrected chi connectivity index (χ1v) is 6.98. The fourth-order valence-corrected chi connectivity index (χ4v) is 3.27. The van der Waals surface area contributed by atoms with E-state index in [2.05, 4.69) is 4.98 Å². The lowest BCUT2D eigenvalue weighted by Crippen LogP contribution is -2.59. The topological polar surface area (TPSA) is 112 Å². The van der Waals surface area contributed by atoms with Gasteiger partial charge in [0.25, 0.3) is 0 Å². The summed E-state index contributed by atoms with van der Waals surface area (Å²) >= 11 is 0. The summed E-state index contributed by atoms with van der Waals surface area (Å²) < 4.78 is 10.1. The third-order valence-electron chi connectivity index (χ3n) is 4.49. The Balaban J connectivity index is 1.76. The molecule has 116 valence electrons. The molecule has 22 heavy (non-hydrogen) atoms. The van der Waals surface area contributed by atoms with Crippen molar-refractivity contribution in [3.8, 4) is 0 Å². The maximum atomic E-state index is 12.1. The first kappa shape index (κ1) is 13.7. The first-order valence-electron chi connectivity index (χ1n) is 6.98. The van der Waals surface area contributed by atoms with Gasteiger partial charge in [-0.2, -0.15) is 0 Å². The molecule has 0 unspecified atom stereocenters. The highest BCUT2D eigenvalue weighted by atomic mass is 16.7. The van der Waals surface area contributed by atoms with Crippen molar-refractivity contribution in [1.82, 2.24) is 4.98 Å². The van der Waals surface area contributed by atoms with Crippen LogP contribution in [0.5, 0.6) is 0 Å². The summed E-state index contributed by atoms with van der Waals surface area (Å²) in [5, 5.41) is 31.9. The van der Waals surface area contributed by atoms with E-state index >= 15 is 0 Å². The van der Waals surface area contributed by atoms with Crippen LogP contribution in [0.2, 0.25) is 0 Å². The minimum atomic E-state index is -2.26. The number of aliphatic hydroxyl groups excluding tert-OH is 1. The molecule has 4 rings (SSSR count). The second-order valence-electron chi connectivity index (χ2n) is 5.80. The molecule has 0 aliphatic carbocycles. The number of aromatic nitrogens is 1. The van der Waals surface area contributed by atoms with E-state index in [-0.39, 0.29) is 13.0 Å². The number of aliphatic hydroxyl groups is 3. The lowest BCUT2D eigenvalue weighted by atomic mass is 9.85. The standard InChI is InChI=1S/C15H15NO6/c17-11-7-21-15(20)12(11)22-13(18)14(15,19)5-8-6-16-10-4-2-1-3-9(8)10/h1-4,6,11-12,16-17,19-20H,5,7H2/t11-,12-,14-,15-/m0/s1. The van der Waals surface area contributed by atoms with Crippen molar-refractivity contribution >= 4 is 16.9 Å². The van der Waals surface area contributed by atoms with Crippen molar-refractivity contribution in [2.45, 2.75) is 30.0 Å². The second kappa shape index (κ2) is 4.30. The van der Waals surface area contributed by atoms with Crippen molar-refractivity contribution in [2.75, 3.05) is 6.61 Å². The maximum absolute atomic E-state index is 12.1. The zero-order valence-corrected chi connectivity index (χ0v) is 11.5. The van der Waals surface area contributed by atoms with Gasteiger partial charge in [0.2, 0.25) is 11.4 Å². The van der Waals surface area contributed by atoms with Crippen molar-refractivity contribution < 1.29 is 29.6 Å². The monoisotopic (exact) mass is 305 g/mol. The molecule has 7 nitrogen and oxygen atoms in total. The summed E-state index contributed by atoms with van der Waals surface area (Å²) in [6, 6.07) is 7.41. The minimum absolute atomic E-state index is 0.185. The first-order chi connectivity index (χ1) is 10.5. The molecule has 3 heterocycles. The van der Waals surface area contributed by atoms with E-state index in [0.717, 1.165) is 10.9 Å². The van der Waals surface area contributed by atoms with Crippen LogP contribution in [0.25, 0.3) is 10.9 Å². The molecule has 2 aliphatic heterocycles. The fourth-order valence-electron chi connectivity index (χ4n) is 3.27. The number of hydrogen-bond acceptors (Lipinski definition) is 6. The number of ether oxygens (including phenoxy) is 2. The molecule has 4 atom stereocenters. The van der Waals surface area contributed by atoms with Crippen LogP contribution in [-0.2, 0) is 20.7 Å². The number of hydrogen-bond donors (Lipinski definition) is 4. The summed E-state index contributed by atoms with van der Waals surface area (Å²) in [5.74, 6) is -3.24. The van der Waals surface area contributed by atoms with Crippen LogP contribution in [0, 0.1) is 0 Å². The molecule has 2 fully saturated rings. The van der Waals surface area contributed by atoms with E-state index in [1.165, 1.54) is 0 Å². The molecule has 1 aromatic heterocycles. The van der Waals surface area contributed by atoms with Crippen LogP contribution in [0.4, 0.5) is 0 Å². The molecule has 7 heteroatoms. The van der Waals surface area contributed by atoms with Gasteiger partial charge in [0, 0.05) is 23.5 Å². The molecular weight excluding hydrogens is 290 g/mol. The normalized spacial score (nSPS) is 37.5. The summed E-state index contributed by atoms with van der Waals surface area (Å²) in [7, 11) is 0. The van der Waals surface area contributed by atoms with E-state index in [1.54, 1.807) is 6.20 Å². The number of aromatic amines is 1. The Hall–Kier alpha value is -1.93. The molecule has 0 spiro atoms. The summed E-state index contributed by atoms with van der Waals surface area (Å²) in [4.78, 5) is 15.1. The van der Waals surface area contributed by atoms with Crippen molar-refractivity contribution in [3.63, 3.8) is 0 Å². The van der Waals surface area contributed by atoms with Gasteiger partial charge in [-0.3, -0.25) is 0 Å². The lowest BCUT2D eigenvalue weighted by Gasteiger charge is -2.31. The predicted octanol–water partition coefficient (Wildman–Crippen LogP) is -0.553. The Morgan fingerprint density at radius 2 is 2.09 bits per heavy atom. The van der Waals surface area contributed by atoms with Crippen molar-refractivity contribution in [1.29, 1.82) is 0 Å². The van der Waals surface area contributed by atoms with E-state index in [0.29, 0.717) is 5.56 Å². The Morgan fingerprint density at radius 3 is 2.91 bits per heavy atom. The zero-order chi connectivity index (χ0) is 15.5. The highest BCUT2D eigenvalue weighted by molar-refractivity contribution is 5.87. The SMILES string of the molecule is O=C1O[C@H]2[C@@H](O)CO[C@]2(O)[C@]1(O)Cc1c[nH]c2ccccc12. The second-order valence-corrected chi connectivity index (χ2v) is 5.80. The van der Waals surface area contributed by atoms with E-state index in [9.17, 15) is 20.1 Å². The number of nitrogens with one attached hydrogen (secondary N) is 1. The number of para-hydroxylation sites is 1. The van der Waals surface area contributed by atoms with Gasteiger partial charge in [0.05, 0.1) is 6.61 Å². The van der Waals surface area contributed by atoms with Crippen LogP contribution < -0.4 is 0 Å². The van der Waals surface area contributed by atoms with Gasteiger partial charge >= 0.3 is 5.97 Å².